The second kappa shape index (κ2) is 6.33. The summed E-state index contributed by atoms with van der Waals surface area (Å²) >= 11 is 0. The van der Waals surface area contributed by atoms with Crippen LogP contribution in [0.3, 0.4) is 0 Å². The maximum atomic E-state index is 12.9. The van der Waals surface area contributed by atoms with Gasteiger partial charge < -0.3 is 9.72 Å². The van der Waals surface area contributed by atoms with E-state index < -0.39 is 0 Å². The zero-order valence-corrected chi connectivity index (χ0v) is 14.5. The lowest BCUT2D eigenvalue weighted by Crippen LogP contribution is -2.51. The first-order valence-electron chi connectivity index (χ1n) is 8.60. The molecule has 1 unspecified atom stereocenters. The monoisotopic (exact) mass is 338 g/mol. The summed E-state index contributed by atoms with van der Waals surface area (Å²) in [4.78, 5) is 19.1. The second-order valence-corrected chi connectivity index (χ2v) is 6.51. The molecule has 0 saturated carbocycles. The number of aromatic nitrogens is 4. The van der Waals surface area contributed by atoms with Crippen LogP contribution < -0.4 is 10.2 Å². The van der Waals surface area contributed by atoms with Crippen molar-refractivity contribution in [2.75, 3.05) is 11.4 Å². The minimum absolute atomic E-state index is 0.118. The smallest absolute Gasteiger partial charge is 0.245 e. The van der Waals surface area contributed by atoms with E-state index in [1.165, 1.54) is 0 Å². The summed E-state index contributed by atoms with van der Waals surface area (Å²) in [6.07, 6.45) is 5.56. The molecule has 0 spiro atoms. The molecule has 0 aliphatic carbocycles. The first-order valence-corrected chi connectivity index (χ1v) is 8.60. The molecule has 7 nitrogen and oxygen atoms in total. The number of fused-ring (bicyclic) bond motifs is 1. The van der Waals surface area contributed by atoms with Gasteiger partial charge in [0.1, 0.15) is 11.5 Å². The SMILES string of the molecule is Cc1cc(N2CCCC(NCc3cccc4nccn34)C2=O)n(C)n1. The van der Waals surface area contributed by atoms with E-state index in [1.807, 2.05) is 47.7 Å². The number of nitrogens with one attached hydrogen (secondary N) is 1. The zero-order valence-electron chi connectivity index (χ0n) is 14.5. The molecule has 0 aromatic carbocycles. The predicted octanol–water partition coefficient (Wildman–Crippen LogP) is 1.66. The Hall–Kier alpha value is -2.67. The van der Waals surface area contributed by atoms with Crippen molar-refractivity contribution in [3.63, 3.8) is 0 Å². The van der Waals surface area contributed by atoms with Crippen LogP contribution in [0.25, 0.3) is 5.65 Å². The summed E-state index contributed by atoms with van der Waals surface area (Å²) in [5, 5.41) is 7.79. The van der Waals surface area contributed by atoms with Gasteiger partial charge in [-0.1, -0.05) is 6.07 Å². The number of hydrogen-bond acceptors (Lipinski definition) is 4. The summed E-state index contributed by atoms with van der Waals surface area (Å²) in [6, 6.07) is 7.81. The van der Waals surface area contributed by atoms with Gasteiger partial charge in [-0.05, 0) is 31.9 Å². The molecule has 1 aliphatic heterocycles. The van der Waals surface area contributed by atoms with Gasteiger partial charge in [-0.25, -0.2) is 4.98 Å². The van der Waals surface area contributed by atoms with Gasteiger partial charge in [0.15, 0.2) is 0 Å². The molecule has 1 fully saturated rings. The Morgan fingerprint density at radius 1 is 1.36 bits per heavy atom. The van der Waals surface area contributed by atoms with Crippen LogP contribution in [0.5, 0.6) is 0 Å². The Morgan fingerprint density at radius 3 is 3.04 bits per heavy atom. The average molecular weight is 338 g/mol. The highest BCUT2D eigenvalue weighted by atomic mass is 16.2. The quantitative estimate of drug-likeness (QED) is 0.786. The zero-order chi connectivity index (χ0) is 17.4. The number of carbonyl (C=O) groups is 1. The summed E-state index contributed by atoms with van der Waals surface area (Å²) in [6.45, 7) is 3.31. The van der Waals surface area contributed by atoms with E-state index in [9.17, 15) is 4.79 Å². The molecular formula is C18H22N6O. The second-order valence-electron chi connectivity index (χ2n) is 6.51. The summed E-state index contributed by atoms with van der Waals surface area (Å²) in [5.41, 5.74) is 2.93. The summed E-state index contributed by atoms with van der Waals surface area (Å²) in [5.74, 6) is 0.984. The van der Waals surface area contributed by atoms with Crippen molar-refractivity contribution >= 4 is 17.4 Å². The molecule has 1 amide bonds. The van der Waals surface area contributed by atoms with Crippen LogP contribution in [0.4, 0.5) is 5.82 Å². The standard InChI is InChI=1S/C18H22N6O/c1-13-11-17(22(2)21-13)24-9-4-6-15(18(24)25)20-12-14-5-3-7-16-19-8-10-23(14)16/h3,5,7-8,10-11,15,20H,4,6,9,12H2,1-2H3. The number of rotatable bonds is 4. The van der Waals surface area contributed by atoms with Crippen LogP contribution in [0.2, 0.25) is 0 Å². The molecule has 4 rings (SSSR count). The number of nitrogens with zero attached hydrogens (tertiary/aromatic N) is 5. The minimum atomic E-state index is -0.178. The number of hydrogen-bond donors (Lipinski definition) is 1. The van der Waals surface area contributed by atoms with Gasteiger partial charge in [0.2, 0.25) is 5.91 Å². The third kappa shape index (κ3) is 2.91. The lowest BCUT2D eigenvalue weighted by atomic mass is 10.0. The first-order chi connectivity index (χ1) is 12.1. The van der Waals surface area contributed by atoms with Crippen molar-refractivity contribution in [2.45, 2.75) is 32.4 Å². The van der Waals surface area contributed by atoms with Gasteiger partial charge in [-0.3, -0.25) is 14.4 Å². The van der Waals surface area contributed by atoms with E-state index in [4.69, 9.17) is 0 Å². The van der Waals surface area contributed by atoms with Crippen LogP contribution in [0.15, 0.2) is 36.7 Å². The maximum Gasteiger partial charge on any atom is 0.245 e. The van der Waals surface area contributed by atoms with E-state index in [1.54, 1.807) is 10.9 Å². The van der Waals surface area contributed by atoms with Gasteiger partial charge >= 0.3 is 0 Å². The maximum absolute atomic E-state index is 12.9. The Balaban J connectivity index is 1.50. The molecule has 1 aliphatic rings. The van der Waals surface area contributed by atoms with Crippen LogP contribution in [-0.2, 0) is 18.4 Å². The van der Waals surface area contributed by atoms with Gasteiger partial charge in [-0.2, -0.15) is 5.10 Å². The van der Waals surface area contributed by atoms with Gasteiger partial charge in [0.05, 0.1) is 11.7 Å². The average Bonchev–Trinajstić information content (AvgIpc) is 3.20. The Labute approximate surface area is 146 Å². The van der Waals surface area contributed by atoms with Crippen LogP contribution in [0, 0.1) is 6.92 Å². The minimum Gasteiger partial charge on any atom is -0.303 e. The predicted molar refractivity (Wildman–Crippen MR) is 95.4 cm³/mol. The number of amides is 1. The molecule has 3 aromatic rings. The highest BCUT2D eigenvalue weighted by molar-refractivity contribution is 5.97. The van der Waals surface area contributed by atoms with Gasteiger partial charge in [-0.15, -0.1) is 0 Å². The van der Waals surface area contributed by atoms with E-state index >= 15 is 0 Å². The summed E-state index contributed by atoms with van der Waals surface area (Å²) in [7, 11) is 1.88. The fourth-order valence-electron chi connectivity index (χ4n) is 3.52. The molecular weight excluding hydrogens is 316 g/mol. The van der Waals surface area contributed by atoms with Crippen molar-refractivity contribution in [1.82, 2.24) is 24.5 Å². The fourth-order valence-corrected chi connectivity index (χ4v) is 3.52. The third-order valence-electron chi connectivity index (χ3n) is 4.73. The number of imidazole rings is 1. The van der Waals surface area contributed by atoms with Crippen LogP contribution in [0.1, 0.15) is 24.2 Å². The van der Waals surface area contributed by atoms with E-state index in [0.29, 0.717) is 6.54 Å². The van der Waals surface area contributed by atoms with Crippen molar-refractivity contribution < 1.29 is 4.79 Å². The normalized spacial score (nSPS) is 18.2. The number of carbonyl (C=O) groups excluding carboxylic acids is 1. The highest BCUT2D eigenvalue weighted by Gasteiger charge is 2.31. The molecule has 1 saturated heterocycles. The number of anilines is 1. The molecule has 25 heavy (non-hydrogen) atoms. The first kappa shape index (κ1) is 15.8. The van der Waals surface area contributed by atoms with E-state index in [0.717, 1.165) is 42.2 Å². The highest BCUT2D eigenvalue weighted by Crippen LogP contribution is 2.21. The molecule has 1 atom stereocenters. The van der Waals surface area contributed by atoms with Crippen molar-refractivity contribution in [3.8, 4) is 0 Å². The Bertz CT molecular complexity index is 911. The Morgan fingerprint density at radius 2 is 2.24 bits per heavy atom. The fraction of sp³-hybridized carbons (Fsp3) is 0.389. The van der Waals surface area contributed by atoms with Crippen molar-refractivity contribution in [2.24, 2.45) is 7.05 Å². The van der Waals surface area contributed by atoms with Crippen molar-refractivity contribution in [3.05, 3.63) is 48.0 Å². The molecule has 4 heterocycles. The van der Waals surface area contributed by atoms with Gasteiger partial charge in [0.25, 0.3) is 0 Å². The molecule has 130 valence electrons. The molecule has 0 radical (unpaired) electrons. The number of aryl methyl sites for hydroxylation is 2. The molecule has 7 heteroatoms. The lowest BCUT2D eigenvalue weighted by Gasteiger charge is -2.32. The number of pyridine rings is 1. The van der Waals surface area contributed by atoms with Crippen LogP contribution in [-0.4, -0.2) is 37.7 Å². The van der Waals surface area contributed by atoms with E-state index in [-0.39, 0.29) is 11.9 Å². The molecule has 1 N–H and O–H groups in total. The third-order valence-corrected chi connectivity index (χ3v) is 4.73. The molecule has 0 bridgehead atoms. The topological polar surface area (TPSA) is 67.5 Å². The lowest BCUT2D eigenvalue weighted by molar-refractivity contribution is -0.121. The van der Waals surface area contributed by atoms with Crippen LogP contribution >= 0.6 is 0 Å². The van der Waals surface area contributed by atoms with Crippen molar-refractivity contribution in [1.29, 1.82) is 0 Å². The molecule has 3 aromatic heterocycles. The van der Waals surface area contributed by atoms with E-state index in [2.05, 4.69) is 21.5 Å². The largest absolute Gasteiger partial charge is 0.303 e. The number of piperidine rings is 1. The Kier molecular flexibility index (Phi) is 4.01. The van der Waals surface area contributed by atoms with Gasteiger partial charge in [0, 0.05) is 44.3 Å². The summed E-state index contributed by atoms with van der Waals surface area (Å²) < 4.78 is 3.82.